The second kappa shape index (κ2) is 6.43. The van der Waals surface area contributed by atoms with Crippen molar-refractivity contribution in [3.05, 3.63) is 42.0 Å². The Kier molecular flexibility index (Phi) is 3.99. The lowest BCUT2D eigenvalue weighted by molar-refractivity contribution is 0.215. The van der Waals surface area contributed by atoms with Gasteiger partial charge in [-0.05, 0) is 11.4 Å². The van der Waals surface area contributed by atoms with Gasteiger partial charge in [0.05, 0.1) is 17.6 Å². The molecule has 1 saturated heterocycles. The molecule has 0 atom stereocenters. The molecule has 0 amide bonds. The molecule has 1 aliphatic heterocycles. The quantitative estimate of drug-likeness (QED) is 0.724. The molecule has 0 radical (unpaired) electrons. The fourth-order valence-corrected chi connectivity index (χ4v) is 3.26. The molecule has 0 saturated carbocycles. The van der Waals surface area contributed by atoms with Crippen molar-refractivity contribution >= 4 is 17.2 Å². The number of hydrogen-bond donors (Lipinski definition) is 0. The average molecular weight is 328 g/mol. The molecule has 7 nitrogen and oxygen atoms in total. The van der Waals surface area contributed by atoms with E-state index in [-0.39, 0.29) is 0 Å². The zero-order valence-electron chi connectivity index (χ0n) is 12.5. The van der Waals surface area contributed by atoms with Crippen molar-refractivity contribution < 1.29 is 4.52 Å². The van der Waals surface area contributed by atoms with E-state index >= 15 is 0 Å². The Morgan fingerprint density at radius 3 is 2.83 bits per heavy atom. The highest BCUT2D eigenvalue weighted by atomic mass is 32.1. The minimum absolute atomic E-state index is 0.668. The molecule has 4 heterocycles. The second-order valence-corrected chi connectivity index (χ2v) is 6.26. The third-order valence-electron chi connectivity index (χ3n) is 3.81. The zero-order chi connectivity index (χ0) is 15.5. The van der Waals surface area contributed by atoms with Crippen LogP contribution in [0.4, 0.5) is 5.82 Å². The van der Waals surface area contributed by atoms with Crippen molar-refractivity contribution in [3.63, 3.8) is 0 Å². The fraction of sp³-hybridized carbons (Fsp3) is 0.333. The van der Waals surface area contributed by atoms with Gasteiger partial charge in [-0.3, -0.25) is 9.88 Å². The standard InChI is InChI=1S/C15H16N6OS/c1-2-12(23-9-1)15-18-14(22-19-15)11-20-5-7-21(8-6-20)13-10-16-3-4-17-13/h1-4,9-10H,5-8,11H2. The first kappa shape index (κ1) is 14.3. The summed E-state index contributed by atoms with van der Waals surface area (Å²) in [4.78, 5) is 18.5. The number of nitrogens with zero attached hydrogens (tertiary/aromatic N) is 6. The highest BCUT2D eigenvalue weighted by Gasteiger charge is 2.20. The highest BCUT2D eigenvalue weighted by Crippen LogP contribution is 2.22. The van der Waals surface area contributed by atoms with E-state index in [2.05, 4.69) is 29.9 Å². The maximum absolute atomic E-state index is 5.37. The van der Waals surface area contributed by atoms with Crippen molar-refractivity contribution in [1.29, 1.82) is 0 Å². The molecule has 0 bridgehead atoms. The van der Waals surface area contributed by atoms with Gasteiger partial charge in [-0.1, -0.05) is 11.2 Å². The zero-order valence-corrected chi connectivity index (χ0v) is 13.3. The van der Waals surface area contributed by atoms with Crippen LogP contribution >= 0.6 is 11.3 Å². The maximum atomic E-state index is 5.37. The van der Waals surface area contributed by atoms with Crippen molar-refractivity contribution in [1.82, 2.24) is 25.0 Å². The van der Waals surface area contributed by atoms with Crippen molar-refractivity contribution in [3.8, 4) is 10.7 Å². The summed E-state index contributed by atoms with van der Waals surface area (Å²) in [5.41, 5.74) is 0. The molecule has 3 aromatic heterocycles. The lowest BCUT2D eigenvalue weighted by atomic mass is 10.3. The Labute approximate surface area is 137 Å². The number of anilines is 1. The predicted molar refractivity (Wildman–Crippen MR) is 87.1 cm³/mol. The van der Waals surface area contributed by atoms with Gasteiger partial charge in [0.2, 0.25) is 11.7 Å². The molecule has 0 aliphatic carbocycles. The van der Waals surface area contributed by atoms with Crippen LogP contribution in [-0.2, 0) is 6.54 Å². The van der Waals surface area contributed by atoms with Gasteiger partial charge in [-0.15, -0.1) is 11.3 Å². The lowest BCUT2D eigenvalue weighted by Crippen LogP contribution is -2.46. The van der Waals surface area contributed by atoms with E-state index in [0.717, 1.165) is 36.9 Å². The predicted octanol–water partition coefficient (Wildman–Crippen LogP) is 1.91. The van der Waals surface area contributed by atoms with Crippen LogP contribution in [0.5, 0.6) is 0 Å². The Morgan fingerprint density at radius 1 is 1.17 bits per heavy atom. The van der Waals surface area contributed by atoms with E-state index < -0.39 is 0 Å². The van der Waals surface area contributed by atoms with Crippen LogP contribution in [0.15, 0.2) is 40.6 Å². The third kappa shape index (κ3) is 3.22. The van der Waals surface area contributed by atoms with E-state index in [0.29, 0.717) is 18.3 Å². The van der Waals surface area contributed by atoms with E-state index in [4.69, 9.17) is 4.52 Å². The van der Waals surface area contributed by atoms with Gasteiger partial charge in [-0.25, -0.2) is 4.98 Å². The topological polar surface area (TPSA) is 71.2 Å². The normalized spacial score (nSPS) is 15.9. The first-order chi connectivity index (χ1) is 11.4. The van der Waals surface area contributed by atoms with Gasteiger partial charge < -0.3 is 9.42 Å². The summed E-state index contributed by atoms with van der Waals surface area (Å²) < 4.78 is 5.37. The molecule has 1 aliphatic rings. The van der Waals surface area contributed by atoms with E-state index in [9.17, 15) is 0 Å². The van der Waals surface area contributed by atoms with Crippen molar-refractivity contribution in [2.24, 2.45) is 0 Å². The van der Waals surface area contributed by atoms with Gasteiger partial charge >= 0.3 is 0 Å². The lowest BCUT2D eigenvalue weighted by Gasteiger charge is -2.34. The van der Waals surface area contributed by atoms with Gasteiger partial charge in [0.15, 0.2) is 0 Å². The van der Waals surface area contributed by atoms with Crippen LogP contribution < -0.4 is 4.90 Å². The summed E-state index contributed by atoms with van der Waals surface area (Å²) in [5, 5.41) is 6.07. The van der Waals surface area contributed by atoms with E-state index in [1.807, 2.05) is 17.5 Å². The largest absolute Gasteiger partial charge is 0.353 e. The number of thiophene rings is 1. The molecule has 0 N–H and O–H groups in total. The first-order valence-electron chi connectivity index (χ1n) is 7.48. The molecule has 4 rings (SSSR count). The van der Waals surface area contributed by atoms with Gasteiger partial charge in [-0.2, -0.15) is 4.98 Å². The Morgan fingerprint density at radius 2 is 2.09 bits per heavy atom. The minimum Gasteiger partial charge on any atom is -0.353 e. The molecule has 1 fully saturated rings. The van der Waals surface area contributed by atoms with E-state index in [1.165, 1.54) is 0 Å². The van der Waals surface area contributed by atoms with Crippen molar-refractivity contribution in [2.45, 2.75) is 6.54 Å². The molecule has 0 unspecified atom stereocenters. The summed E-state index contributed by atoms with van der Waals surface area (Å²) in [6.45, 7) is 4.41. The number of rotatable bonds is 4. The van der Waals surface area contributed by atoms with Crippen LogP contribution in [0.25, 0.3) is 10.7 Å². The fourth-order valence-electron chi connectivity index (χ4n) is 2.61. The monoisotopic (exact) mass is 328 g/mol. The van der Waals surface area contributed by atoms with Crippen LogP contribution in [0.1, 0.15) is 5.89 Å². The Balaban J connectivity index is 1.35. The van der Waals surface area contributed by atoms with Crippen molar-refractivity contribution in [2.75, 3.05) is 31.1 Å². The summed E-state index contributed by atoms with van der Waals surface area (Å²) in [6.07, 6.45) is 5.23. The van der Waals surface area contributed by atoms with Gasteiger partial charge in [0.25, 0.3) is 0 Å². The number of aromatic nitrogens is 4. The molecule has 118 valence electrons. The molecular formula is C15H16N6OS. The molecule has 23 heavy (non-hydrogen) atoms. The Hall–Kier alpha value is -2.32. The molecule has 8 heteroatoms. The smallest absolute Gasteiger partial charge is 0.241 e. The van der Waals surface area contributed by atoms with Crippen LogP contribution in [-0.4, -0.2) is 51.2 Å². The summed E-state index contributed by atoms with van der Waals surface area (Å²) >= 11 is 1.62. The Bertz CT molecular complexity index is 736. The third-order valence-corrected chi connectivity index (χ3v) is 4.68. The molecule has 0 spiro atoms. The molecular weight excluding hydrogens is 312 g/mol. The average Bonchev–Trinajstić information content (AvgIpc) is 3.28. The maximum Gasteiger partial charge on any atom is 0.241 e. The second-order valence-electron chi connectivity index (χ2n) is 5.32. The SMILES string of the molecule is c1csc(-c2noc(CN3CCN(c4cnccn4)CC3)n2)c1. The van der Waals surface area contributed by atoms with Crippen LogP contribution in [0, 0.1) is 0 Å². The first-order valence-corrected chi connectivity index (χ1v) is 8.36. The van der Waals surface area contributed by atoms with Crippen LogP contribution in [0.3, 0.4) is 0 Å². The van der Waals surface area contributed by atoms with Gasteiger partial charge in [0, 0.05) is 38.6 Å². The number of hydrogen-bond acceptors (Lipinski definition) is 8. The summed E-state index contributed by atoms with van der Waals surface area (Å²) in [7, 11) is 0. The molecule has 3 aromatic rings. The number of piperazine rings is 1. The van der Waals surface area contributed by atoms with Gasteiger partial charge in [0.1, 0.15) is 5.82 Å². The highest BCUT2D eigenvalue weighted by molar-refractivity contribution is 7.13. The molecule has 0 aromatic carbocycles. The summed E-state index contributed by atoms with van der Waals surface area (Å²) in [5.74, 6) is 2.28. The minimum atomic E-state index is 0.668. The van der Waals surface area contributed by atoms with Crippen LogP contribution in [0.2, 0.25) is 0 Å². The summed E-state index contributed by atoms with van der Waals surface area (Å²) in [6, 6.07) is 3.99. The van der Waals surface area contributed by atoms with E-state index in [1.54, 1.807) is 29.9 Å².